The van der Waals surface area contributed by atoms with Crippen LogP contribution in [0, 0.1) is 5.82 Å². The quantitative estimate of drug-likeness (QED) is 0.755. The summed E-state index contributed by atoms with van der Waals surface area (Å²) in [7, 11) is 0. The highest BCUT2D eigenvalue weighted by molar-refractivity contribution is 6.04. The van der Waals surface area contributed by atoms with Crippen molar-refractivity contribution in [2.75, 3.05) is 0 Å². The zero-order valence-corrected chi connectivity index (χ0v) is 15.8. The van der Waals surface area contributed by atoms with Gasteiger partial charge in [0.1, 0.15) is 11.9 Å². The molecule has 2 aromatic rings. The van der Waals surface area contributed by atoms with Crippen molar-refractivity contribution in [2.24, 2.45) is 5.16 Å². The molecule has 0 unspecified atom stereocenters. The molecule has 2 amide bonds. The zero-order valence-electron chi connectivity index (χ0n) is 15.8. The van der Waals surface area contributed by atoms with E-state index in [2.05, 4.69) is 15.8 Å². The smallest absolute Gasteiger partial charge is 0.265 e. The Labute approximate surface area is 168 Å². The lowest BCUT2D eigenvalue weighted by atomic mass is 10.0. The molecule has 0 saturated heterocycles. The summed E-state index contributed by atoms with van der Waals surface area (Å²) in [5.41, 5.74) is 2.03. The molecule has 29 heavy (non-hydrogen) atoms. The maximum Gasteiger partial charge on any atom is 0.265 e. The van der Waals surface area contributed by atoms with E-state index in [4.69, 9.17) is 4.84 Å². The molecule has 4 rings (SSSR count). The molecule has 2 atom stereocenters. The number of rotatable bonds is 7. The van der Waals surface area contributed by atoms with Crippen LogP contribution in [-0.2, 0) is 20.8 Å². The molecular formula is C22H22FN3O3. The molecule has 150 valence electrons. The highest BCUT2D eigenvalue weighted by Crippen LogP contribution is 2.20. The summed E-state index contributed by atoms with van der Waals surface area (Å²) >= 11 is 0. The lowest BCUT2D eigenvalue weighted by Crippen LogP contribution is -2.51. The summed E-state index contributed by atoms with van der Waals surface area (Å²) in [6.07, 6.45) is 1.69. The Morgan fingerprint density at radius 1 is 1.14 bits per heavy atom. The van der Waals surface area contributed by atoms with Gasteiger partial charge in [-0.15, -0.1) is 0 Å². The standard InChI is InChI=1S/C22H22FN3O3/c23-16-8-4-7-15(12-16)18-13-20(29-26-18)22(28)25-19(21(27)24-17-9-10-17)11-14-5-2-1-3-6-14/h1-8,12,17,19-20H,9-11,13H2,(H,24,27)(H,25,28)/t19-,20+/m1/s1. The average Bonchev–Trinajstić information content (AvgIpc) is 3.39. The van der Waals surface area contributed by atoms with Crippen molar-refractivity contribution in [3.63, 3.8) is 0 Å². The topological polar surface area (TPSA) is 79.8 Å². The Bertz CT molecular complexity index is 928. The van der Waals surface area contributed by atoms with Crippen molar-refractivity contribution in [3.8, 4) is 0 Å². The molecule has 7 heteroatoms. The van der Waals surface area contributed by atoms with Gasteiger partial charge in [0.2, 0.25) is 12.0 Å². The van der Waals surface area contributed by atoms with Crippen LogP contribution in [0.2, 0.25) is 0 Å². The van der Waals surface area contributed by atoms with E-state index in [0.29, 0.717) is 17.7 Å². The highest BCUT2D eigenvalue weighted by Gasteiger charge is 2.33. The number of amides is 2. The molecule has 1 aliphatic heterocycles. The Kier molecular flexibility index (Phi) is 5.55. The van der Waals surface area contributed by atoms with E-state index < -0.39 is 18.1 Å². The maximum absolute atomic E-state index is 13.4. The summed E-state index contributed by atoms with van der Waals surface area (Å²) in [6.45, 7) is 0. The number of oxime groups is 1. The third-order valence-electron chi connectivity index (χ3n) is 4.96. The first-order valence-electron chi connectivity index (χ1n) is 9.72. The van der Waals surface area contributed by atoms with Gasteiger partial charge in [0.05, 0.1) is 5.71 Å². The molecule has 0 bridgehead atoms. The van der Waals surface area contributed by atoms with Gasteiger partial charge in [-0.25, -0.2) is 4.39 Å². The first-order valence-corrected chi connectivity index (χ1v) is 9.72. The van der Waals surface area contributed by atoms with Gasteiger partial charge in [-0.3, -0.25) is 9.59 Å². The van der Waals surface area contributed by atoms with E-state index >= 15 is 0 Å². The van der Waals surface area contributed by atoms with E-state index in [0.717, 1.165) is 18.4 Å². The second-order valence-corrected chi connectivity index (χ2v) is 7.38. The molecule has 6 nitrogen and oxygen atoms in total. The summed E-state index contributed by atoms with van der Waals surface area (Å²) in [6, 6.07) is 15.0. The molecule has 1 heterocycles. The molecule has 2 aromatic carbocycles. The first-order chi connectivity index (χ1) is 14.1. The van der Waals surface area contributed by atoms with Crippen LogP contribution in [-0.4, -0.2) is 35.7 Å². The molecule has 0 spiro atoms. The summed E-state index contributed by atoms with van der Waals surface area (Å²) < 4.78 is 13.4. The number of halogens is 1. The van der Waals surface area contributed by atoms with E-state index in [9.17, 15) is 14.0 Å². The van der Waals surface area contributed by atoms with Crippen LogP contribution in [0.3, 0.4) is 0 Å². The molecule has 2 aliphatic rings. The van der Waals surface area contributed by atoms with Gasteiger partial charge in [0.25, 0.3) is 5.91 Å². The largest absolute Gasteiger partial charge is 0.382 e. The van der Waals surface area contributed by atoms with Crippen molar-refractivity contribution in [3.05, 3.63) is 71.5 Å². The van der Waals surface area contributed by atoms with Gasteiger partial charge in [0.15, 0.2) is 0 Å². The number of hydrogen-bond donors (Lipinski definition) is 2. The Balaban J connectivity index is 1.40. The van der Waals surface area contributed by atoms with Crippen molar-refractivity contribution >= 4 is 17.5 Å². The predicted octanol–water partition coefficient (Wildman–Crippen LogP) is 2.32. The Hall–Kier alpha value is -3.22. The Morgan fingerprint density at radius 3 is 2.66 bits per heavy atom. The highest BCUT2D eigenvalue weighted by atomic mass is 19.1. The minimum absolute atomic E-state index is 0.198. The fourth-order valence-electron chi connectivity index (χ4n) is 3.21. The number of carbonyl (C=O) groups excluding carboxylic acids is 2. The maximum atomic E-state index is 13.4. The molecule has 1 aliphatic carbocycles. The third-order valence-corrected chi connectivity index (χ3v) is 4.96. The van der Waals surface area contributed by atoms with E-state index in [1.54, 1.807) is 12.1 Å². The minimum Gasteiger partial charge on any atom is -0.382 e. The number of nitrogens with zero attached hydrogens (tertiary/aromatic N) is 1. The van der Waals surface area contributed by atoms with Crippen LogP contribution in [0.1, 0.15) is 30.4 Å². The van der Waals surface area contributed by atoms with Crippen molar-refractivity contribution in [2.45, 2.75) is 43.9 Å². The fourth-order valence-corrected chi connectivity index (χ4v) is 3.21. The predicted molar refractivity (Wildman–Crippen MR) is 106 cm³/mol. The van der Waals surface area contributed by atoms with Gasteiger partial charge >= 0.3 is 0 Å². The minimum atomic E-state index is -0.847. The van der Waals surface area contributed by atoms with E-state index in [-0.39, 0.29) is 24.2 Å². The summed E-state index contributed by atoms with van der Waals surface area (Å²) in [5, 5.41) is 9.68. The van der Waals surface area contributed by atoms with E-state index in [1.165, 1.54) is 12.1 Å². The summed E-state index contributed by atoms with van der Waals surface area (Å²) in [5.74, 6) is -0.987. The monoisotopic (exact) mass is 395 g/mol. The van der Waals surface area contributed by atoms with Crippen LogP contribution >= 0.6 is 0 Å². The number of benzene rings is 2. The normalized spacial score (nSPS) is 19.1. The van der Waals surface area contributed by atoms with Crippen molar-refractivity contribution in [1.82, 2.24) is 10.6 Å². The van der Waals surface area contributed by atoms with Crippen LogP contribution in [0.5, 0.6) is 0 Å². The third kappa shape index (κ3) is 4.99. The van der Waals surface area contributed by atoms with Crippen molar-refractivity contribution in [1.29, 1.82) is 0 Å². The van der Waals surface area contributed by atoms with Gasteiger partial charge in [-0.2, -0.15) is 0 Å². The van der Waals surface area contributed by atoms with Crippen molar-refractivity contribution < 1.29 is 18.8 Å². The summed E-state index contributed by atoms with van der Waals surface area (Å²) in [4.78, 5) is 30.6. The number of nitrogens with one attached hydrogen (secondary N) is 2. The second kappa shape index (κ2) is 8.43. The SMILES string of the molecule is O=C(N[C@H](Cc1ccccc1)C(=O)NC1CC1)[C@@H]1CC(c2cccc(F)c2)=NO1. The molecule has 1 fully saturated rings. The van der Waals surface area contributed by atoms with Crippen LogP contribution in [0.15, 0.2) is 59.8 Å². The molecule has 2 N–H and O–H groups in total. The van der Waals surface area contributed by atoms with Crippen LogP contribution in [0.4, 0.5) is 4.39 Å². The van der Waals surface area contributed by atoms with Gasteiger partial charge in [-0.1, -0.05) is 47.6 Å². The van der Waals surface area contributed by atoms with E-state index in [1.807, 2.05) is 30.3 Å². The molecule has 1 saturated carbocycles. The molecule has 0 radical (unpaired) electrons. The molecule has 0 aromatic heterocycles. The van der Waals surface area contributed by atoms with Crippen LogP contribution in [0.25, 0.3) is 0 Å². The average molecular weight is 395 g/mol. The lowest BCUT2D eigenvalue weighted by molar-refractivity contribution is -0.135. The van der Waals surface area contributed by atoms with Gasteiger partial charge in [-0.05, 0) is 30.5 Å². The Morgan fingerprint density at radius 2 is 1.93 bits per heavy atom. The molecular weight excluding hydrogens is 373 g/mol. The zero-order chi connectivity index (χ0) is 20.2. The lowest BCUT2D eigenvalue weighted by Gasteiger charge is -2.20. The number of carbonyl (C=O) groups is 2. The van der Waals surface area contributed by atoms with Crippen LogP contribution < -0.4 is 10.6 Å². The van der Waals surface area contributed by atoms with Gasteiger partial charge in [0, 0.05) is 24.4 Å². The fraction of sp³-hybridized carbons (Fsp3) is 0.318. The second-order valence-electron chi connectivity index (χ2n) is 7.38. The number of hydrogen-bond acceptors (Lipinski definition) is 4. The van der Waals surface area contributed by atoms with Gasteiger partial charge < -0.3 is 15.5 Å². The first kappa shape index (κ1) is 19.1.